The van der Waals surface area contributed by atoms with Gasteiger partial charge in [-0.1, -0.05) is 6.07 Å². The summed E-state index contributed by atoms with van der Waals surface area (Å²) in [5.41, 5.74) is -0.961. The normalized spacial score (nSPS) is 13.0. The molecule has 1 atom stereocenters. The van der Waals surface area contributed by atoms with E-state index in [0.717, 1.165) is 12.1 Å². The lowest BCUT2D eigenvalue weighted by molar-refractivity contribution is -0.155. The molecule has 0 saturated heterocycles. The Labute approximate surface area is 105 Å². The molecule has 0 fully saturated rings. The van der Waals surface area contributed by atoms with Crippen LogP contribution in [0.3, 0.4) is 0 Å². The van der Waals surface area contributed by atoms with E-state index in [-0.39, 0.29) is 5.69 Å². The van der Waals surface area contributed by atoms with Crippen molar-refractivity contribution in [2.75, 3.05) is 5.32 Å². The van der Waals surface area contributed by atoms with Crippen LogP contribution in [0.25, 0.3) is 0 Å². The van der Waals surface area contributed by atoms with Crippen molar-refractivity contribution in [3.63, 3.8) is 0 Å². The summed E-state index contributed by atoms with van der Waals surface area (Å²) in [5, 5.41) is 2.48. The molecule has 0 heterocycles. The van der Waals surface area contributed by atoms with Gasteiger partial charge in [0.1, 0.15) is 29.0 Å². The maximum Gasteiger partial charge on any atom is 0.328 e. The minimum atomic E-state index is -0.837. The molecule has 18 heavy (non-hydrogen) atoms. The number of carbonyl (C=O) groups is 1. The second-order valence-corrected chi connectivity index (χ2v) is 5.00. The third kappa shape index (κ3) is 3.98. The molecule has 0 aliphatic rings. The van der Waals surface area contributed by atoms with Crippen molar-refractivity contribution in [2.45, 2.75) is 39.3 Å². The minimum Gasteiger partial charge on any atom is -0.458 e. The van der Waals surface area contributed by atoms with Crippen LogP contribution in [-0.4, -0.2) is 17.6 Å². The van der Waals surface area contributed by atoms with Gasteiger partial charge in [-0.3, -0.25) is 0 Å². The van der Waals surface area contributed by atoms with Gasteiger partial charge < -0.3 is 10.1 Å². The maximum absolute atomic E-state index is 13.4. The lowest BCUT2D eigenvalue weighted by Gasteiger charge is -2.23. The average Bonchev–Trinajstić information content (AvgIpc) is 2.21. The molecule has 0 radical (unpaired) electrons. The number of hydrogen-bond acceptors (Lipinski definition) is 3. The van der Waals surface area contributed by atoms with Gasteiger partial charge in [0.15, 0.2) is 0 Å². The Morgan fingerprint density at radius 2 is 1.78 bits per heavy atom. The summed E-state index contributed by atoms with van der Waals surface area (Å²) in [6.45, 7) is 6.66. The Morgan fingerprint density at radius 3 is 2.22 bits per heavy atom. The highest BCUT2D eigenvalue weighted by atomic mass is 19.1. The lowest BCUT2D eigenvalue weighted by atomic mass is 10.2. The topological polar surface area (TPSA) is 38.3 Å². The summed E-state index contributed by atoms with van der Waals surface area (Å²) in [5.74, 6) is -2.05. The first-order valence-electron chi connectivity index (χ1n) is 5.64. The van der Waals surface area contributed by atoms with Crippen molar-refractivity contribution < 1.29 is 18.3 Å². The Kier molecular flexibility index (Phi) is 4.27. The quantitative estimate of drug-likeness (QED) is 0.845. The Bertz CT molecular complexity index is 421. The first kappa shape index (κ1) is 14.4. The fraction of sp³-hybridized carbons (Fsp3) is 0.462. The smallest absolute Gasteiger partial charge is 0.328 e. The Morgan fingerprint density at radius 1 is 1.28 bits per heavy atom. The van der Waals surface area contributed by atoms with Gasteiger partial charge in [0.2, 0.25) is 0 Å². The number of benzene rings is 1. The third-order valence-corrected chi connectivity index (χ3v) is 2.08. The predicted molar refractivity (Wildman–Crippen MR) is 65.3 cm³/mol. The third-order valence-electron chi connectivity index (χ3n) is 2.08. The van der Waals surface area contributed by atoms with Crippen LogP contribution in [0.4, 0.5) is 14.5 Å². The van der Waals surface area contributed by atoms with E-state index < -0.39 is 29.2 Å². The van der Waals surface area contributed by atoms with Crippen molar-refractivity contribution in [3.05, 3.63) is 29.8 Å². The number of hydrogen-bond donors (Lipinski definition) is 1. The second-order valence-electron chi connectivity index (χ2n) is 5.00. The molecule has 0 saturated carbocycles. The van der Waals surface area contributed by atoms with Crippen LogP contribution in [0.2, 0.25) is 0 Å². The van der Waals surface area contributed by atoms with E-state index in [1.807, 2.05) is 0 Å². The Balaban J connectivity index is 2.76. The minimum absolute atomic E-state index is 0.323. The molecule has 0 aromatic heterocycles. The Hall–Kier alpha value is -1.65. The monoisotopic (exact) mass is 257 g/mol. The van der Waals surface area contributed by atoms with Gasteiger partial charge in [0.25, 0.3) is 0 Å². The molecule has 100 valence electrons. The highest BCUT2D eigenvalue weighted by molar-refractivity contribution is 5.79. The van der Waals surface area contributed by atoms with E-state index in [0.29, 0.717) is 0 Å². The van der Waals surface area contributed by atoms with Gasteiger partial charge in [-0.2, -0.15) is 0 Å². The summed E-state index contributed by atoms with van der Waals surface area (Å²) < 4.78 is 31.8. The predicted octanol–water partition coefficient (Wildman–Crippen LogP) is 3.11. The fourth-order valence-electron chi connectivity index (χ4n) is 1.30. The number of carbonyl (C=O) groups excluding carboxylic acids is 1. The zero-order valence-electron chi connectivity index (χ0n) is 10.9. The molecule has 0 bridgehead atoms. The molecule has 0 aliphatic carbocycles. The molecular weight excluding hydrogens is 240 g/mol. The first-order valence-corrected chi connectivity index (χ1v) is 5.64. The van der Waals surface area contributed by atoms with Crippen LogP contribution in [0.15, 0.2) is 18.2 Å². The number of rotatable bonds is 3. The van der Waals surface area contributed by atoms with Crippen LogP contribution in [0, 0.1) is 11.6 Å². The SMILES string of the molecule is CC(Nc1c(F)cccc1F)C(=O)OC(C)(C)C. The molecule has 1 aromatic rings. The van der Waals surface area contributed by atoms with Gasteiger partial charge in [-0.15, -0.1) is 0 Å². The first-order chi connectivity index (χ1) is 8.20. The zero-order chi connectivity index (χ0) is 13.9. The molecule has 5 heteroatoms. The van der Waals surface area contributed by atoms with E-state index in [9.17, 15) is 13.6 Å². The second kappa shape index (κ2) is 5.33. The van der Waals surface area contributed by atoms with E-state index >= 15 is 0 Å². The summed E-state index contributed by atoms with van der Waals surface area (Å²) in [6, 6.07) is 2.66. The van der Waals surface area contributed by atoms with Crippen molar-refractivity contribution in [1.29, 1.82) is 0 Å². The van der Waals surface area contributed by atoms with Crippen molar-refractivity contribution in [1.82, 2.24) is 0 Å². The van der Waals surface area contributed by atoms with Crippen LogP contribution in [0.5, 0.6) is 0 Å². The van der Waals surface area contributed by atoms with E-state index in [1.54, 1.807) is 20.8 Å². The molecule has 1 aromatic carbocycles. The number of halogens is 2. The molecule has 0 amide bonds. The van der Waals surface area contributed by atoms with Gasteiger partial charge in [-0.05, 0) is 39.8 Å². The highest BCUT2D eigenvalue weighted by Gasteiger charge is 2.23. The number of para-hydroxylation sites is 1. The van der Waals surface area contributed by atoms with Crippen LogP contribution < -0.4 is 5.32 Å². The average molecular weight is 257 g/mol. The summed E-state index contributed by atoms with van der Waals surface area (Å²) >= 11 is 0. The number of nitrogens with one attached hydrogen (secondary N) is 1. The molecule has 1 unspecified atom stereocenters. The standard InChI is InChI=1S/C13H17F2NO2/c1-8(12(17)18-13(2,3)4)16-11-9(14)6-5-7-10(11)15/h5-8,16H,1-4H3. The zero-order valence-corrected chi connectivity index (χ0v) is 10.9. The molecule has 1 N–H and O–H groups in total. The molecular formula is C13H17F2NO2. The lowest BCUT2D eigenvalue weighted by Crippen LogP contribution is -2.35. The van der Waals surface area contributed by atoms with Crippen molar-refractivity contribution >= 4 is 11.7 Å². The van der Waals surface area contributed by atoms with Crippen LogP contribution in [0.1, 0.15) is 27.7 Å². The number of ether oxygens (including phenoxy) is 1. The van der Waals surface area contributed by atoms with Gasteiger partial charge in [0, 0.05) is 0 Å². The largest absolute Gasteiger partial charge is 0.458 e. The van der Waals surface area contributed by atoms with Crippen LogP contribution in [-0.2, 0) is 9.53 Å². The van der Waals surface area contributed by atoms with E-state index in [1.165, 1.54) is 13.0 Å². The van der Waals surface area contributed by atoms with E-state index in [2.05, 4.69) is 5.32 Å². The maximum atomic E-state index is 13.4. The number of esters is 1. The van der Waals surface area contributed by atoms with Gasteiger partial charge in [0.05, 0.1) is 0 Å². The molecule has 0 spiro atoms. The fourth-order valence-corrected chi connectivity index (χ4v) is 1.30. The van der Waals surface area contributed by atoms with E-state index in [4.69, 9.17) is 4.74 Å². The summed E-state index contributed by atoms with van der Waals surface area (Å²) in [6.07, 6.45) is 0. The molecule has 1 rings (SSSR count). The molecule has 0 aliphatic heterocycles. The number of anilines is 1. The molecule has 3 nitrogen and oxygen atoms in total. The van der Waals surface area contributed by atoms with Crippen molar-refractivity contribution in [3.8, 4) is 0 Å². The van der Waals surface area contributed by atoms with Gasteiger partial charge in [-0.25, -0.2) is 13.6 Å². The summed E-state index contributed by atoms with van der Waals surface area (Å²) in [7, 11) is 0. The summed E-state index contributed by atoms with van der Waals surface area (Å²) in [4.78, 5) is 11.7. The van der Waals surface area contributed by atoms with Crippen LogP contribution >= 0.6 is 0 Å². The highest BCUT2D eigenvalue weighted by Crippen LogP contribution is 2.19. The van der Waals surface area contributed by atoms with Gasteiger partial charge >= 0.3 is 5.97 Å². The van der Waals surface area contributed by atoms with Crippen molar-refractivity contribution in [2.24, 2.45) is 0 Å².